The van der Waals surface area contributed by atoms with Crippen molar-refractivity contribution in [2.45, 2.75) is 19.4 Å². The number of ether oxygens (including phenoxy) is 2. The van der Waals surface area contributed by atoms with Crippen LogP contribution in [0, 0.1) is 0 Å². The van der Waals surface area contributed by atoms with Crippen LogP contribution in [0.3, 0.4) is 0 Å². The summed E-state index contributed by atoms with van der Waals surface area (Å²) in [6, 6.07) is 12.0. The number of ketones is 1. The molecular weight excluding hydrogens is 505 g/mol. The topological polar surface area (TPSA) is 116 Å². The second kappa shape index (κ2) is 10.2. The molecule has 0 spiro atoms. The Bertz CT molecular complexity index is 1570. The molecule has 3 heterocycles. The average Bonchev–Trinajstić information content (AvgIpc) is 2.87. The van der Waals surface area contributed by atoms with Gasteiger partial charge < -0.3 is 24.5 Å². The highest BCUT2D eigenvalue weighted by atomic mass is 19.4. The van der Waals surface area contributed by atoms with Crippen molar-refractivity contribution in [1.82, 2.24) is 15.3 Å². The molecule has 0 aliphatic carbocycles. The number of benzene rings is 2. The molecule has 1 atom stereocenters. The standard InChI is InChI=1S/C26H21F3N4O5/c1-14(34)22-23(21-13-30-10-11-36-21)17-7-6-15(12-20(17)37-24(22)35)32-25-31-9-8-18(33-25)16-4-2-3-5-19(16)38-26(27,28)29/h2-9,12,21,30H,10-11,13H2,1H3,(H,31,32,33). The summed E-state index contributed by atoms with van der Waals surface area (Å²) < 4.78 is 54.0. The molecule has 1 aliphatic rings. The minimum absolute atomic E-state index is 0.0531. The summed E-state index contributed by atoms with van der Waals surface area (Å²) in [5.74, 6) is -0.733. The molecule has 1 unspecified atom stereocenters. The van der Waals surface area contributed by atoms with Crippen molar-refractivity contribution in [3.05, 3.63) is 76.3 Å². The molecule has 1 aliphatic heterocycles. The molecule has 0 bridgehead atoms. The van der Waals surface area contributed by atoms with E-state index < -0.39 is 29.6 Å². The van der Waals surface area contributed by atoms with Crippen molar-refractivity contribution in [3.8, 4) is 17.0 Å². The lowest BCUT2D eigenvalue weighted by Crippen LogP contribution is -2.35. The number of aromatic nitrogens is 2. The largest absolute Gasteiger partial charge is 0.573 e. The van der Waals surface area contributed by atoms with Crippen LogP contribution < -0.4 is 21.0 Å². The molecule has 2 N–H and O–H groups in total. The number of alkyl halides is 3. The number of carbonyl (C=O) groups excluding carboxylic acids is 1. The number of carbonyl (C=O) groups is 1. The summed E-state index contributed by atoms with van der Waals surface area (Å²) >= 11 is 0. The van der Waals surface area contributed by atoms with Crippen LogP contribution in [0.2, 0.25) is 0 Å². The molecule has 0 amide bonds. The van der Waals surface area contributed by atoms with Gasteiger partial charge in [-0.15, -0.1) is 13.2 Å². The van der Waals surface area contributed by atoms with E-state index >= 15 is 0 Å². The van der Waals surface area contributed by atoms with Crippen LogP contribution in [0.5, 0.6) is 5.75 Å². The van der Waals surface area contributed by atoms with Crippen LogP contribution in [0.4, 0.5) is 24.8 Å². The molecule has 9 nitrogen and oxygen atoms in total. The number of morpholine rings is 1. The Morgan fingerprint density at radius 2 is 2.00 bits per heavy atom. The van der Waals surface area contributed by atoms with E-state index in [-0.39, 0.29) is 28.4 Å². The number of fused-ring (bicyclic) bond motifs is 1. The van der Waals surface area contributed by atoms with E-state index in [2.05, 4.69) is 25.3 Å². The summed E-state index contributed by atoms with van der Waals surface area (Å²) in [5.41, 5.74) is 0.624. The maximum atomic E-state index is 12.8. The number of para-hydroxylation sites is 1. The number of nitrogens with one attached hydrogen (secondary N) is 2. The Labute approximate surface area is 213 Å². The zero-order valence-electron chi connectivity index (χ0n) is 20.0. The number of halogens is 3. The third kappa shape index (κ3) is 5.36. The number of Topliss-reactive ketones (excluding diaryl/α,β-unsaturated/α-hetero) is 1. The number of hydrogen-bond acceptors (Lipinski definition) is 9. The van der Waals surface area contributed by atoms with Gasteiger partial charge in [-0.3, -0.25) is 4.79 Å². The maximum absolute atomic E-state index is 12.8. The van der Waals surface area contributed by atoms with Gasteiger partial charge in [0.05, 0.1) is 18.4 Å². The highest BCUT2D eigenvalue weighted by Gasteiger charge is 2.32. The van der Waals surface area contributed by atoms with Gasteiger partial charge in [0, 0.05) is 47.6 Å². The Morgan fingerprint density at radius 3 is 2.74 bits per heavy atom. The SMILES string of the molecule is CC(=O)c1c(C2CNCCO2)c2ccc(Nc3nccc(-c4ccccc4OC(F)(F)F)n3)cc2oc1=O. The first-order valence-corrected chi connectivity index (χ1v) is 11.6. The minimum atomic E-state index is -4.86. The van der Waals surface area contributed by atoms with Gasteiger partial charge in [0.1, 0.15) is 16.9 Å². The first-order chi connectivity index (χ1) is 18.2. The van der Waals surface area contributed by atoms with Crippen molar-refractivity contribution in [2.24, 2.45) is 0 Å². The molecule has 0 saturated carbocycles. The van der Waals surface area contributed by atoms with Gasteiger partial charge in [-0.1, -0.05) is 12.1 Å². The van der Waals surface area contributed by atoms with Crippen molar-refractivity contribution in [2.75, 3.05) is 25.0 Å². The van der Waals surface area contributed by atoms with E-state index in [4.69, 9.17) is 9.15 Å². The van der Waals surface area contributed by atoms with Gasteiger partial charge in [0.25, 0.3) is 0 Å². The minimum Gasteiger partial charge on any atom is -0.422 e. The summed E-state index contributed by atoms with van der Waals surface area (Å²) in [4.78, 5) is 33.5. The van der Waals surface area contributed by atoms with E-state index in [9.17, 15) is 22.8 Å². The third-order valence-electron chi connectivity index (χ3n) is 5.85. The van der Waals surface area contributed by atoms with Gasteiger partial charge >= 0.3 is 12.0 Å². The zero-order chi connectivity index (χ0) is 26.9. The van der Waals surface area contributed by atoms with E-state index in [1.54, 1.807) is 24.3 Å². The maximum Gasteiger partial charge on any atom is 0.573 e. The van der Waals surface area contributed by atoms with Gasteiger partial charge in [0.15, 0.2) is 5.78 Å². The lowest BCUT2D eigenvalue weighted by molar-refractivity contribution is -0.274. The molecule has 196 valence electrons. The Balaban J connectivity index is 1.50. The molecular formula is C26H21F3N4O5. The normalized spacial score (nSPS) is 15.8. The number of anilines is 2. The Morgan fingerprint density at radius 1 is 1.18 bits per heavy atom. The van der Waals surface area contributed by atoms with Crippen LogP contribution in [-0.2, 0) is 4.74 Å². The van der Waals surface area contributed by atoms with Gasteiger partial charge in [-0.25, -0.2) is 14.8 Å². The summed E-state index contributed by atoms with van der Waals surface area (Å²) in [6.45, 7) is 2.81. The lowest BCUT2D eigenvalue weighted by Gasteiger charge is -2.26. The number of hydrogen-bond donors (Lipinski definition) is 2. The molecule has 38 heavy (non-hydrogen) atoms. The van der Waals surface area contributed by atoms with Crippen molar-refractivity contribution < 1.29 is 31.9 Å². The predicted octanol–water partition coefficient (Wildman–Crippen LogP) is 4.76. The molecule has 12 heteroatoms. The summed E-state index contributed by atoms with van der Waals surface area (Å²) in [7, 11) is 0. The van der Waals surface area contributed by atoms with Gasteiger partial charge in [-0.05, 0) is 37.3 Å². The molecule has 2 aromatic carbocycles. The van der Waals surface area contributed by atoms with Crippen LogP contribution in [0.25, 0.3) is 22.2 Å². The molecule has 0 radical (unpaired) electrons. The first-order valence-electron chi connectivity index (χ1n) is 11.6. The number of nitrogens with zero attached hydrogens (tertiary/aromatic N) is 2. The second-order valence-electron chi connectivity index (χ2n) is 8.44. The molecule has 2 aromatic heterocycles. The van der Waals surface area contributed by atoms with Crippen molar-refractivity contribution in [1.29, 1.82) is 0 Å². The third-order valence-corrected chi connectivity index (χ3v) is 5.85. The Kier molecular flexibility index (Phi) is 6.83. The fraction of sp³-hybridized carbons (Fsp3) is 0.231. The van der Waals surface area contributed by atoms with Crippen LogP contribution in [-0.4, -0.2) is 41.8 Å². The molecule has 1 fully saturated rings. The lowest BCUT2D eigenvalue weighted by atomic mass is 9.96. The summed E-state index contributed by atoms with van der Waals surface area (Å²) in [6.07, 6.45) is -3.98. The smallest absolute Gasteiger partial charge is 0.422 e. The fourth-order valence-electron chi connectivity index (χ4n) is 4.31. The van der Waals surface area contributed by atoms with Crippen LogP contribution in [0.1, 0.15) is 28.9 Å². The highest BCUT2D eigenvalue weighted by Crippen LogP contribution is 2.34. The first kappa shape index (κ1) is 25.4. The number of rotatable bonds is 6. The predicted molar refractivity (Wildman–Crippen MR) is 131 cm³/mol. The monoisotopic (exact) mass is 526 g/mol. The van der Waals surface area contributed by atoms with Crippen molar-refractivity contribution >= 4 is 28.4 Å². The van der Waals surface area contributed by atoms with E-state index in [0.717, 1.165) is 0 Å². The quantitative estimate of drug-likeness (QED) is 0.271. The van der Waals surface area contributed by atoms with Crippen molar-refractivity contribution in [3.63, 3.8) is 0 Å². The second-order valence-corrected chi connectivity index (χ2v) is 8.44. The average molecular weight is 526 g/mol. The summed E-state index contributed by atoms with van der Waals surface area (Å²) in [5, 5.41) is 6.71. The van der Waals surface area contributed by atoms with Gasteiger partial charge in [-0.2, -0.15) is 0 Å². The van der Waals surface area contributed by atoms with E-state index in [1.807, 2.05) is 0 Å². The highest BCUT2D eigenvalue weighted by molar-refractivity contribution is 6.00. The van der Waals surface area contributed by atoms with Crippen LogP contribution >= 0.6 is 0 Å². The van der Waals surface area contributed by atoms with Crippen LogP contribution in [0.15, 0.2) is 63.9 Å². The van der Waals surface area contributed by atoms with E-state index in [1.165, 1.54) is 37.4 Å². The molecule has 4 aromatic rings. The molecule has 1 saturated heterocycles. The van der Waals surface area contributed by atoms with Gasteiger partial charge in [0.2, 0.25) is 5.95 Å². The Hall–Kier alpha value is -4.29. The zero-order valence-corrected chi connectivity index (χ0v) is 20.0. The fourth-order valence-corrected chi connectivity index (χ4v) is 4.31. The molecule has 5 rings (SSSR count). The van der Waals surface area contributed by atoms with E-state index in [0.29, 0.717) is 36.3 Å².